The van der Waals surface area contributed by atoms with Crippen molar-refractivity contribution in [3.63, 3.8) is 0 Å². The number of hydrogen-bond donors (Lipinski definition) is 0. The molecule has 0 saturated heterocycles. The van der Waals surface area contributed by atoms with Gasteiger partial charge in [-0.15, -0.1) is 0 Å². The van der Waals surface area contributed by atoms with Crippen LogP contribution in [0.15, 0.2) is 69.6 Å². The van der Waals surface area contributed by atoms with E-state index in [9.17, 15) is 9.59 Å². The lowest BCUT2D eigenvalue weighted by molar-refractivity contribution is -0.136. The molecule has 4 aromatic rings. The fourth-order valence-corrected chi connectivity index (χ4v) is 6.31. The first kappa shape index (κ1) is 27.0. The molecule has 1 aliphatic rings. The van der Waals surface area contributed by atoms with Gasteiger partial charge in [0, 0.05) is 32.7 Å². The molecule has 0 fully saturated rings. The molecule has 0 unspecified atom stereocenters. The molecule has 2 aromatic carbocycles. The number of carbonyl (C=O) groups is 1. The van der Waals surface area contributed by atoms with E-state index in [0.29, 0.717) is 36.4 Å². The number of methoxy groups -OCH3 is 2. The Morgan fingerprint density at radius 1 is 1.03 bits per heavy atom. The highest BCUT2D eigenvalue weighted by Gasteiger charge is 2.35. The number of halogens is 2. The zero-order valence-electron chi connectivity index (χ0n) is 21.9. The fourth-order valence-electron chi connectivity index (χ4n) is 4.97. The molecule has 5 rings (SSSR count). The maximum atomic E-state index is 14.0. The highest BCUT2D eigenvalue weighted by molar-refractivity contribution is 7.07. The minimum absolute atomic E-state index is 0.248. The Morgan fingerprint density at radius 3 is 2.38 bits per heavy atom. The molecule has 200 valence electrons. The lowest BCUT2D eigenvalue weighted by Gasteiger charge is -2.25. The highest BCUT2D eigenvalue weighted by atomic mass is 35.5. The minimum atomic E-state index is -0.828. The van der Waals surface area contributed by atoms with E-state index in [-0.39, 0.29) is 11.1 Å². The van der Waals surface area contributed by atoms with Gasteiger partial charge in [0.25, 0.3) is 5.56 Å². The number of carbonyl (C=O) groups excluding carboxylic acids is 1. The van der Waals surface area contributed by atoms with E-state index < -0.39 is 12.0 Å². The first-order valence-corrected chi connectivity index (χ1v) is 13.6. The number of nitrogens with zero attached hydrogens (tertiary/aromatic N) is 3. The van der Waals surface area contributed by atoms with E-state index in [0.717, 1.165) is 22.6 Å². The van der Waals surface area contributed by atoms with Crippen LogP contribution < -0.4 is 19.6 Å². The predicted octanol–water partition coefficient (Wildman–Crippen LogP) is 5.13. The smallest absolute Gasteiger partial charge is 0.338 e. The maximum Gasteiger partial charge on any atom is 0.338 e. The maximum absolute atomic E-state index is 14.0. The second-order valence-electron chi connectivity index (χ2n) is 9.10. The number of fused-ring (bicyclic) bond motifs is 1. The summed E-state index contributed by atoms with van der Waals surface area (Å²) >= 11 is 13.7. The monoisotopic (exact) mass is 581 g/mol. The lowest BCUT2D eigenvalue weighted by atomic mass is 9.95. The number of allylic oxidation sites excluding steroid dienone is 1. The standard InChI is InChI=1S/C29H25Cl2N3O4S/c1-15-12-18(17(3)33(15)21-9-6-19(30)7-10-21)13-24-27(35)34-26(22-14-20(31)8-11-23(22)37-4)25(28(36)38-5)16(2)32-29(34)39-24/h6-14,26H,1-5H3/b24-13-/t26-/m0/s1. The quantitative estimate of drug-likeness (QED) is 0.306. The van der Waals surface area contributed by atoms with Crippen molar-refractivity contribution >= 4 is 46.6 Å². The molecular formula is C29H25Cl2N3O4S. The number of benzene rings is 2. The summed E-state index contributed by atoms with van der Waals surface area (Å²) in [6.07, 6.45) is 1.86. The van der Waals surface area contributed by atoms with Gasteiger partial charge in [-0.25, -0.2) is 9.79 Å². The van der Waals surface area contributed by atoms with Gasteiger partial charge in [-0.3, -0.25) is 9.36 Å². The van der Waals surface area contributed by atoms with Crippen molar-refractivity contribution in [2.24, 2.45) is 4.99 Å². The molecule has 0 aliphatic carbocycles. The Balaban J connectivity index is 1.73. The summed E-state index contributed by atoms with van der Waals surface area (Å²) in [5.74, 6) is -0.0920. The van der Waals surface area contributed by atoms with E-state index in [1.165, 1.54) is 30.1 Å². The van der Waals surface area contributed by atoms with E-state index in [1.807, 2.05) is 50.3 Å². The zero-order valence-corrected chi connectivity index (χ0v) is 24.2. The molecule has 39 heavy (non-hydrogen) atoms. The van der Waals surface area contributed by atoms with Crippen LogP contribution in [0.25, 0.3) is 11.8 Å². The number of aryl methyl sites for hydroxylation is 1. The molecule has 0 saturated carbocycles. The van der Waals surface area contributed by atoms with Crippen molar-refractivity contribution in [1.82, 2.24) is 9.13 Å². The van der Waals surface area contributed by atoms with Crippen molar-refractivity contribution in [3.8, 4) is 11.4 Å². The number of thiazole rings is 1. The van der Waals surface area contributed by atoms with Crippen LogP contribution in [0.2, 0.25) is 10.0 Å². The number of esters is 1. The second-order valence-corrected chi connectivity index (χ2v) is 11.0. The van der Waals surface area contributed by atoms with E-state index in [4.69, 9.17) is 32.7 Å². The van der Waals surface area contributed by atoms with Crippen LogP contribution >= 0.6 is 34.5 Å². The Hall–Kier alpha value is -3.59. The van der Waals surface area contributed by atoms with Crippen LogP contribution in [0.1, 0.15) is 35.5 Å². The fraction of sp³-hybridized carbons (Fsp3) is 0.207. The Labute approximate surface area is 238 Å². The van der Waals surface area contributed by atoms with Crippen molar-refractivity contribution in [2.75, 3.05) is 14.2 Å². The molecule has 0 bridgehead atoms. The van der Waals surface area contributed by atoms with E-state index in [1.54, 1.807) is 25.1 Å². The first-order valence-electron chi connectivity index (χ1n) is 12.0. The molecule has 1 atom stereocenters. The molecular weight excluding hydrogens is 557 g/mol. The topological polar surface area (TPSA) is 74.8 Å². The summed E-state index contributed by atoms with van der Waals surface area (Å²) in [6.45, 7) is 5.74. The summed E-state index contributed by atoms with van der Waals surface area (Å²) in [4.78, 5) is 32.0. The summed E-state index contributed by atoms with van der Waals surface area (Å²) in [5.41, 5.74) is 4.85. The molecule has 1 aliphatic heterocycles. The van der Waals surface area contributed by atoms with Crippen LogP contribution in [0.4, 0.5) is 0 Å². The van der Waals surface area contributed by atoms with Gasteiger partial charge in [-0.2, -0.15) is 0 Å². The highest BCUT2D eigenvalue weighted by Crippen LogP contribution is 2.37. The molecule has 10 heteroatoms. The van der Waals surface area contributed by atoms with Gasteiger partial charge in [0.1, 0.15) is 11.8 Å². The summed E-state index contributed by atoms with van der Waals surface area (Å²) in [6, 6.07) is 13.9. The van der Waals surface area contributed by atoms with Crippen molar-refractivity contribution in [1.29, 1.82) is 0 Å². The largest absolute Gasteiger partial charge is 0.496 e. The molecule has 0 amide bonds. The van der Waals surface area contributed by atoms with Crippen molar-refractivity contribution in [2.45, 2.75) is 26.8 Å². The number of hydrogen-bond acceptors (Lipinski definition) is 6. The van der Waals surface area contributed by atoms with Gasteiger partial charge in [-0.05, 0) is 80.9 Å². The van der Waals surface area contributed by atoms with Gasteiger partial charge in [0.2, 0.25) is 0 Å². The Kier molecular flexibility index (Phi) is 7.29. The van der Waals surface area contributed by atoms with Crippen LogP contribution in [0.5, 0.6) is 5.75 Å². The van der Waals surface area contributed by atoms with E-state index in [2.05, 4.69) is 9.56 Å². The SMILES string of the molecule is COC(=O)C1=C(C)N=c2s/c(=C\c3cc(C)n(-c4ccc(Cl)cc4)c3C)c(=O)n2[C@H]1c1cc(Cl)ccc1OC. The number of aromatic nitrogens is 2. The average molecular weight is 583 g/mol. The van der Waals surface area contributed by atoms with Gasteiger partial charge in [0.05, 0.1) is 30.0 Å². The van der Waals surface area contributed by atoms with Gasteiger partial charge in [-0.1, -0.05) is 34.5 Å². The molecule has 0 spiro atoms. The molecule has 3 heterocycles. The molecule has 2 aromatic heterocycles. The summed E-state index contributed by atoms with van der Waals surface area (Å²) < 4.78 is 14.8. The van der Waals surface area contributed by atoms with Gasteiger partial charge >= 0.3 is 5.97 Å². The van der Waals surface area contributed by atoms with Gasteiger partial charge in [0.15, 0.2) is 4.80 Å². The van der Waals surface area contributed by atoms with Crippen molar-refractivity contribution in [3.05, 3.63) is 112 Å². The second kappa shape index (κ2) is 10.5. The first-order chi connectivity index (χ1) is 18.6. The summed E-state index contributed by atoms with van der Waals surface area (Å²) in [7, 11) is 2.83. The molecule has 0 radical (unpaired) electrons. The van der Waals surface area contributed by atoms with Crippen molar-refractivity contribution < 1.29 is 14.3 Å². The Morgan fingerprint density at radius 2 is 1.72 bits per heavy atom. The zero-order chi connectivity index (χ0) is 28.0. The lowest BCUT2D eigenvalue weighted by Crippen LogP contribution is -2.40. The number of ether oxygens (including phenoxy) is 2. The predicted molar refractivity (Wildman–Crippen MR) is 154 cm³/mol. The number of rotatable bonds is 5. The third-order valence-corrected chi connectivity index (χ3v) is 8.23. The molecule has 0 N–H and O–H groups in total. The normalized spacial score (nSPS) is 15.3. The van der Waals surface area contributed by atoms with Crippen LogP contribution in [0, 0.1) is 13.8 Å². The molecule has 7 nitrogen and oxygen atoms in total. The Bertz CT molecular complexity index is 1830. The van der Waals surface area contributed by atoms with Crippen LogP contribution in [0.3, 0.4) is 0 Å². The minimum Gasteiger partial charge on any atom is -0.496 e. The average Bonchev–Trinajstić information content (AvgIpc) is 3.37. The third kappa shape index (κ3) is 4.73. The summed E-state index contributed by atoms with van der Waals surface area (Å²) in [5, 5.41) is 1.11. The van der Waals surface area contributed by atoms with Crippen LogP contribution in [-0.2, 0) is 9.53 Å². The van der Waals surface area contributed by atoms with E-state index >= 15 is 0 Å². The van der Waals surface area contributed by atoms with Gasteiger partial charge < -0.3 is 14.0 Å². The van der Waals surface area contributed by atoms with Crippen LogP contribution in [-0.4, -0.2) is 29.3 Å². The third-order valence-electron chi connectivity index (χ3n) is 6.76.